The van der Waals surface area contributed by atoms with Crippen LogP contribution in [-0.2, 0) is 6.42 Å². The maximum atomic E-state index is 12.2. The second-order valence-electron chi connectivity index (χ2n) is 6.87. The van der Waals surface area contributed by atoms with E-state index in [1.807, 2.05) is 49.4 Å². The SMILES string of the molecule is Cc1ccc2oc(Cc3ccc(NC(=S)NC(=O)c4cccc(Cl)c4)cc3)nc2c1. The van der Waals surface area contributed by atoms with E-state index in [9.17, 15) is 4.79 Å². The average Bonchev–Trinajstić information content (AvgIpc) is 3.10. The van der Waals surface area contributed by atoms with Crippen molar-refractivity contribution in [2.24, 2.45) is 0 Å². The number of aryl methyl sites for hydroxylation is 1. The molecule has 0 aliphatic heterocycles. The molecular weight excluding hydrogens is 418 g/mol. The van der Waals surface area contributed by atoms with Gasteiger partial charge in [0.05, 0.1) is 0 Å². The number of nitrogens with one attached hydrogen (secondary N) is 2. The van der Waals surface area contributed by atoms with Crippen LogP contribution in [0.5, 0.6) is 0 Å². The first-order valence-electron chi connectivity index (χ1n) is 9.29. The fraction of sp³-hybridized carbons (Fsp3) is 0.0870. The Balaban J connectivity index is 1.36. The quantitative estimate of drug-likeness (QED) is 0.414. The van der Waals surface area contributed by atoms with Gasteiger partial charge in [-0.25, -0.2) is 4.98 Å². The standard InChI is InChI=1S/C23H18ClN3O2S/c1-14-5-10-20-19(11-14)26-21(29-20)12-15-6-8-18(9-7-15)25-23(30)27-22(28)16-3-2-4-17(24)13-16/h2-11,13H,12H2,1H3,(H2,25,27,28,30). The topological polar surface area (TPSA) is 67.2 Å². The number of carbonyl (C=O) groups is 1. The smallest absolute Gasteiger partial charge is 0.257 e. The van der Waals surface area contributed by atoms with Crippen LogP contribution in [0.25, 0.3) is 11.1 Å². The highest BCUT2D eigenvalue weighted by Gasteiger charge is 2.09. The number of rotatable bonds is 4. The van der Waals surface area contributed by atoms with Crippen LogP contribution in [0.1, 0.15) is 27.4 Å². The molecule has 4 aromatic rings. The van der Waals surface area contributed by atoms with Crippen LogP contribution in [0.3, 0.4) is 0 Å². The lowest BCUT2D eigenvalue weighted by Crippen LogP contribution is -2.34. The Kier molecular flexibility index (Phi) is 5.79. The Bertz CT molecular complexity index is 1230. The van der Waals surface area contributed by atoms with E-state index in [1.165, 1.54) is 0 Å². The summed E-state index contributed by atoms with van der Waals surface area (Å²) in [6.07, 6.45) is 0.587. The van der Waals surface area contributed by atoms with Crippen LogP contribution in [0, 0.1) is 6.92 Å². The van der Waals surface area contributed by atoms with Gasteiger partial charge in [-0.1, -0.05) is 35.9 Å². The Labute approximate surface area is 184 Å². The first-order chi connectivity index (χ1) is 14.5. The third kappa shape index (κ3) is 4.84. The summed E-state index contributed by atoms with van der Waals surface area (Å²) in [6.45, 7) is 2.03. The highest BCUT2D eigenvalue weighted by Crippen LogP contribution is 2.20. The maximum absolute atomic E-state index is 12.2. The second-order valence-corrected chi connectivity index (χ2v) is 7.72. The van der Waals surface area contributed by atoms with Crippen LogP contribution in [0.15, 0.2) is 71.1 Å². The Hall–Kier alpha value is -3.22. The molecule has 0 unspecified atom stereocenters. The number of benzene rings is 3. The number of amides is 1. The average molecular weight is 436 g/mol. The lowest BCUT2D eigenvalue weighted by molar-refractivity contribution is 0.0977. The predicted octanol–water partition coefficient (Wildman–Crippen LogP) is 5.51. The number of halogens is 1. The van der Waals surface area contributed by atoms with Crippen LogP contribution in [0.2, 0.25) is 5.02 Å². The molecular formula is C23H18ClN3O2S. The first kappa shape index (κ1) is 20.1. The largest absolute Gasteiger partial charge is 0.440 e. The van der Waals surface area contributed by atoms with E-state index in [0.717, 1.165) is 27.9 Å². The van der Waals surface area contributed by atoms with Crippen molar-refractivity contribution in [3.05, 3.63) is 94.3 Å². The van der Waals surface area contributed by atoms with Gasteiger partial charge in [0.25, 0.3) is 5.91 Å². The molecule has 1 aromatic heterocycles. The van der Waals surface area contributed by atoms with Crippen molar-refractivity contribution in [2.45, 2.75) is 13.3 Å². The van der Waals surface area contributed by atoms with E-state index < -0.39 is 0 Å². The minimum Gasteiger partial charge on any atom is -0.440 e. The van der Waals surface area contributed by atoms with E-state index >= 15 is 0 Å². The van der Waals surface area contributed by atoms with Gasteiger partial charge in [-0.3, -0.25) is 10.1 Å². The molecule has 0 spiro atoms. The minimum atomic E-state index is -0.321. The number of oxazole rings is 1. The number of carbonyl (C=O) groups excluding carboxylic acids is 1. The van der Waals surface area contributed by atoms with Crippen LogP contribution in [0.4, 0.5) is 5.69 Å². The minimum absolute atomic E-state index is 0.210. The van der Waals surface area contributed by atoms with E-state index in [4.69, 9.17) is 28.2 Å². The number of hydrogen-bond acceptors (Lipinski definition) is 4. The lowest BCUT2D eigenvalue weighted by Gasteiger charge is -2.10. The molecule has 5 nitrogen and oxygen atoms in total. The summed E-state index contributed by atoms with van der Waals surface area (Å²) in [7, 11) is 0. The maximum Gasteiger partial charge on any atom is 0.257 e. The third-order valence-electron chi connectivity index (χ3n) is 4.47. The zero-order valence-electron chi connectivity index (χ0n) is 16.1. The summed E-state index contributed by atoms with van der Waals surface area (Å²) >= 11 is 11.1. The highest BCUT2D eigenvalue weighted by atomic mass is 35.5. The van der Waals surface area contributed by atoms with Crippen molar-refractivity contribution < 1.29 is 9.21 Å². The molecule has 0 saturated carbocycles. The number of thiocarbonyl (C=S) groups is 1. The zero-order valence-corrected chi connectivity index (χ0v) is 17.7. The Morgan fingerprint density at radius 1 is 1.10 bits per heavy atom. The first-order valence-corrected chi connectivity index (χ1v) is 10.1. The number of hydrogen-bond donors (Lipinski definition) is 2. The van der Waals surface area contributed by atoms with Crippen molar-refractivity contribution in [1.29, 1.82) is 0 Å². The van der Waals surface area contributed by atoms with Gasteiger partial charge in [0.15, 0.2) is 16.6 Å². The normalized spacial score (nSPS) is 10.7. The molecule has 150 valence electrons. The molecule has 1 heterocycles. The van der Waals surface area contributed by atoms with E-state index in [1.54, 1.807) is 24.3 Å². The van der Waals surface area contributed by atoms with Gasteiger partial charge in [-0.2, -0.15) is 0 Å². The molecule has 0 atom stereocenters. The molecule has 0 saturated heterocycles. The summed E-state index contributed by atoms with van der Waals surface area (Å²) in [5.74, 6) is 0.346. The molecule has 0 fully saturated rings. The highest BCUT2D eigenvalue weighted by molar-refractivity contribution is 7.80. The molecule has 4 rings (SSSR count). The fourth-order valence-corrected chi connectivity index (χ4v) is 3.41. The monoisotopic (exact) mass is 435 g/mol. The van der Waals surface area contributed by atoms with Gasteiger partial charge in [0.2, 0.25) is 0 Å². The fourth-order valence-electron chi connectivity index (χ4n) is 3.01. The summed E-state index contributed by atoms with van der Waals surface area (Å²) in [5, 5.41) is 6.35. The molecule has 0 aliphatic rings. The number of nitrogens with zero attached hydrogens (tertiary/aromatic N) is 1. The van der Waals surface area contributed by atoms with Crippen molar-refractivity contribution >= 4 is 51.6 Å². The van der Waals surface area contributed by atoms with E-state index in [-0.39, 0.29) is 11.0 Å². The van der Waals surface area contributed by atoms with Gasteiger partial charge in [0.1, 0.15) is 5.52 Å². The van der Waals surface area contributed by atoms with E-state index in [0.29, 0.717) is 22.9 Å². The second kappa shape index (κ2) is 8.65. The number of fused-ring (bicyclic) bond motifs is 1. The Morgan fingerprint density at radius 3 is 2.67 bits per heavy atom. The molecule has 2 N–H and O–H groups in total. The summed E-state index contributed by atoms with van der Waals surface area (Å²) in [5.41, 5.74) is 5.06. The van der Waals surface area contributed by atoms with Crippen molar-refractivity contribution in [1.82, 2.24) is 10.3 Å². The van der Waals surface area contributed by atoms with Crippen LogP contribution >= 0.6 is 23.8 Å². The lowest BCUT2D eigenvalue weighted by atomic mass is 10.1. The van der Waals surface area contributed by atoms with Gasteiger partial charge in [-0.15, -0.1) is 0 Å². The molecule has 3 aromatic carbocycles. The molecule has 30 heavy (non-hydrogen) atoms. The van der Waals surface area contributed by atoms with Gasteiger partial charge in [0, 0.05) is 22.7 Å². The molecule has 7 heteroatoms. The van der Waals surface area contributed by atoms with E-state index in [2.05, 4.69) is 15.6 Å². The Morgan fingerprint density at radius 2 is 1.90 bits per heavy atom. The van der Waals surface area contributed by atoms with Gasteiger partial charge < -0.3 is 9.73 Å². The summed E-state index contributed by atoms with van der Waals surface area (Å²) in [4.78, 5) is 16.8. The molecule has 1 amide bonds. The number of anilines is 1. The molecule has 0 radical (unpaired) electrons. The van der Waals surface area contributed by atoms with Gasteiger partial charge >= 0.3 is 0 Å². The van der Waals surface area contributed by atoms with Crippen LogP contribution < -0.4 is 10.6 Å². The number of aromatic nitrogens is 1. The third-order valence-corrected chi connectivity index (χ3v) is 4.91. The predicted molar refractivity (Wildman–Crippen MR) is 123 cm³/mol. The zero-order chi connectivity index (χ0) is 21.1. The van der Waals surface area contributed by atoms with Crippen molar-refractivity contribution in [3.63, 3.8) is 0 Å². The van der Waals surface area contributed by atoms with Crippen molar-refractivity contribution in [2.75, 3.05) is 5.32 Å². The summed E-state index contributed by atoms with van der Waals surface area (Å²) < 4.78 is 5.81. The molecule has 0 bridgehead atoms. The van der Waals surface area contributed by atoms with Gasteiger partial charge in [-0.05, 0) is 72.7 Å². The summed E-state index contributed by atoms with van der Waals surface area (Å²) in [6, 6.07) is 20.3. The van der Waals surface area contributed by atoms with Crippen molar-refractivity contribution in [3.8, 4) is 0 Å². The molecule has 0 aliphatic carbocycles. The van der Waals surface area contributed by atoms with Crippen LogP contribution in [-0.4, -0.2) is 16.0 Å².